The van der Waals surface area contributed by atoms with Crippen LogP contribution in [0.4, 0.5) is 0 Å². The number of nitrogens with zero attached hydrogens (tertiary/aromatic N) is 4. The summed E-state index contributed by atoms with van der Waals surface area (Å²) in [6.07, 6.45) is 0. The van der Waals surface area contributed by atoms with Crippen LogP contribution in [0.15, 0.2) is 30.3 Å². The van der Waals surface area contributed by atoms with Gasteiger partial charge in [0.15, 0.2) is 5.69 Å². The highest BCUT2D eigenvalue weighted by atomic mass is 35.5. The average molecular weight is 312 g/mol. The molecule has 0 radical (unpaired) electrons. The van der Waals surface area contributed by atoms with Crippen LogP contribution in [0.3, 0.4) is 0 Å². The predicted octanol–water partition coefficient (Wildman–Crippen LogP) is 3.46. The lowest BCUT2D eigenvalue weighted by atomic mass is 10.1. The van der Waals surface area contributed by atoms with E-state index in [-0.39, 0.29) is 0 Å². The Kier molecular flexibility index (Phi) is 3.70. The molecule has 0 aliphatic rings. The number of halogens is 1. The monoisotopic (exact) mass is 311 g/mol. The smallest absolute Gasteiger partial charge is 0.190 e. The standard InChI is InChI=1S/C16H14ClN5/c1-10-7-14(16-15(8-18)19-21-20-16)11(2)22(10)9-12-3-5-13(17)6-4-12/h3-7H,9H2,1-2H3,(H,19,20,21). The lowest BCUT2D eigenvalue weighted by Gasteiger charge is -2.10. The normalized spacial score (nSPS) is 10.6. The van der Waals surface area contributed by atoms with Crippen molar-refractivity contribution < 1.29 is 0 Å². The van der Waals surface area contributed by atoms with Crippen molar-refractivity contribution in [1.29, 1.82) is 5.26 Å². The second-order valence-corrected chi connectivity index (χ2v) is 5.57. The fourth-order valence-corrected chi connectivity index (χ4v) is 2.68. The van der Waals surface area contributed by atoms with Gasteiger partial charge < -0.3 is 4.57 Å². The van der Waals surface area contributed by atoms with Gasteiger partial charge in [0, 0.05) is 28.5 Å². The zero-order chi connectivity index (χ0) is 15.7. The molecule has 0 unspecified atom stereocenters. The van der Waals surface area contributed by atoms with E-state index in [1.165, 1.54) is 5.56 Å². The van der Waals surface area contributed by atoms with Crippen LogP contribution >= 0.6 is 11.6 Å². The van der Waals surface area contributed by atoms with Gasteiger partial charge in [-0.25, -0.2) is 0 Å². The molecule has 22 heavy (non-hydrogen) atoms. The molecule has 0 spiro atoms. The van der Waals surface area contributed by atoms with Gasteiger partial charge in [-0.1, -0.05) is 23.7 Å². The highest BCUT2D eigenvalue weighted by molar-refractivity contribution is 6.30. The molecule has 0 aliphatic carbocycles. The number of nitriles is 1. The molecule has 0 saturated carbocycles. The number of nitrogens with one attached hydrogen (secondary N) is 1. The summed E-state index contributed by atoms with van der Waals surface area (Å²) >= 11 is 5.93. The van der Waals surface area contributed by atoms with Crippen molar-refractivity contribution in [1.82, 2.24) is 20.0 Å². The summed E-state index contributed by atoms with van der Waals surface area (Å²) in [6, 6.07) is 11.9. The van der Waals surface area contributed by atoms with E-state index in [0.717, 1.165) is 28.5 Å². The number of aromatic amines is 1. The van der Waals surface area contributed by atoms with Gasteiger partial charge in [-0.3, -0.25) is 0 Å². The van der Waals surface area contributed by atoms with Gasteiger partial charge in [0.1, 0.15) is 11.8 Å². The third-order valence-corrected chi connectivity index (χ3v) is 3.99. The highest BCUT2D eigenvalue weighted by Crippen LogP contribution is 2.27. The minimum atomic E-state index is 0.312. The molecule has 2 aromatic heterocycles. The highest BCUT2D eigenvalue weighted by Gasteiger charge is 2.17. The molecule has 3 aromatic rings. The summed E-state index contributed by atoms with van der Waals surface area (Å²) in [5.41, 5.74) is 5.16. The molecule has 6 heteroatoms. The average Bonchev–Trinajstić information content (AvgIpc) is 3.08. The van der Waals surface area contributed by atoms with E-state index in [9.17, 15) is 0 Å². The van der Waals surface area contributed by atoms with Gasteiger partial charge in [0.25, 0.3) is 0 Å². The van der Waals surface area contributed by atoms with Gasteiger partial charge in [0.2, 0.25) is 0 Å². The van der Waals surface area contributed by atoms with Crippen LogP contribution in [0.2, 0.25) is 5.02 Å². The molecule has 0 aliphatic heterocycles. The van der Waals surface area contributed by atoms with Gasteiger partial charge in [-0.2, -0.15) is 15.6 Å². The SMILES string of the molecule is Cc1cc(-c2n[nH]nc2C#N)c(C)n1Cc1ccc(Cl)cc1. The Bertz CT molecular complexity index is 852. The van der Waals surface area contributed by atoms with Gasteiger partial charge >= 0.3 is 0 Å². The first-order valence-electron chi connectivity index (χ1n) is 6.82. The van der Waals surface area contributed by atoms with Crippen molar-refractivity contribution in [2.24, 2.45) is 0 Å². The summed E-state index contributed by atoms with van der Waals surface area (Å²) < 4.78 is 2.19. The fourth-order valence-electron chi connectivity index (χ4n) is 2.55. The van der Waals surface area contributed by atoms with E-state index < -0.39 is 0 Å². The first-order valence-corrected chi connectivity index (χ1v) is 7.20. The minimum Gasteiger partial charge on any atom is -0.344 e. The van der Waals surface area contributed by atoms with Crippen LogP contribution in [-0.4, -0.2) is 20.0 Å². The first kappa shape index (κ1) is 14.4. The number of benzene rings is 1. The Morgan fingerprint density at radius 3 is 2.64 bits per heavy atom. The summed E-state index contributed by atoms with van der Waals surface area (Å²) in [7, 11) is 0. The van der Waals surface area contributed by atoms with E-state index in [0.29, 0.717) is 11.4 Å². The van der Waals surface area contributed by atoms with E-state index in [4.69, 9.17) is 16.9 Å². The van der Waals surface area contributed by atoms with Crippen molar-refractivity contribution in [3.63, 3.8) is 0 Å². The molecule has 0 atom stereocenters. The first-order chi connectivity index (χ1) is 10.6. The minimum absolute atomic E-state index is 0.312. The second-order valence-electron chi connectivity index (χ2n) is 5.13. The number of aromatic nitrogens is 4. The van der Waals surface area contributed by atoms with Crippen LogP contribution in [0.25, 0.3) is 11.3 Å². The lowest BCUT2D eigenvalue weighted by molar-refractivity contribution is 0.750. The Labute approximate surface area is 133 Å². The largest absolute Gasteiger partial charge is 0.344 e. The number of aryl methyl sites for hydroxylation is 1. The molecule has 0 amide bonds. The van der Waals surface area contributed by atoms with Gasteiger partial charge in [-0.05, 0) is 37.6 Å². The molecule has 3 rings (SSSR count). The Balaban J connectivity index is 2.00. The second kappa shape index (κ2) is 5.66. The quantitative estimate of drug-likeness (QED) is 0.805. The molecule has 0 bridgehead atoms. The van der Waals surface area contributed by atoms with Crippen LogP contribution in [0.1, 0.15) is 22.6 Å². The maximum absolute atomic E-state index is 9.11. The Morgan fingerprint density at radius 1 is 1.23 bits per heavy atom. The number of hydrogen-bond acceptors (Lipinski definition) is 3. The summed E-state index contributed by atoms with van der Waals surface area (Å²) in [5, 5.41) is 20.3. The Hall–Kier alpha value is -2.58. The number of hydrogen-bond donors (Lipinski definition) is 1. The number of H-pyrrole nitrogens is 1. The molecule has 1 N–H and O–H groups in total. The van der Waals surface area contributed by atoms with E-state index in [1.54, 1.807) is 0 Å². The van der Waals surface area contributed by atoms with Crippen LogP contribution < -0.4 is 0 Å². The van der Waals surface area contributed by atoms with Crippen molar-refractivity contribution in [3.8, 4) is 17.3 Å². The molecule has 1 aromatic carbocycles. The molecule has 0 fully saturated rings. The summed E-state index contributed by atoms with van der Waals surface area (Å²) in [4.78, 5) is 0. The van der Waals surface area contributed by atoms with E-state index in [2.05, 4.69) is 26.0 Å². The number of rotatable bonds is 3. The maximum atomic E-state index is 9.11. The topological polar surface area (TPSA) is 70.3 Å². The lowest BCUT2D eigenvalue weighted by Crippen LogP contribution is -2.03. The van der Waals surface area contributed by atoms with Crippen molar-refractivity contribution in [3.05, 3.63) is 58.0 Å². The fraction of sp³-hybridized carbons (Fsp3) is 0.188. The molecular formula is C16H14ClN5. The van der Waals surface area contributed by atoms with Crippen LogP contribution in [0, 0.1) is 25.2 Å². The van der Waals surface area contributed by atoms with Crippen molar-refractivity contribution in [2.45, 2.75) is 20.4 Å². The van der Waals surface area contributed by atoms with Crippen molar-refractivity contribution >= 4 is 11.6 Å². The van der Waals surface area contributed by atoms with E-state index >= 15 is 0 Å². The van der Waals surface area contributed by atoms with Crippen LogP contribution in [-0.2, 0) is 6.54 Å². The molecule has 110 valence electrons. The zero-order valence-electron chi connectivity index (χ0n) is 12.3. The zero-order valence-corrected chi connectivity index (χ0v) is 13.0. The van der Waals surface area contributed by atoms with Crippen molar-refractivity contribution in [2.75, 3.05) is 0 Å². The molecule has 2 heterocycles. The summed E-state index contributed by atoms with van der Waals surface area (Å²) in [6.45, 7) is 4.81. The molecular weight excluding hydrogens is 298 g/mol. The van der Waals surface area contributed by atoms with Gasteiger partial charge in [-0.15, -0.1) is 5.10 Å². The Morgan fingerprint density at radius 2 is 1.95 bits per heavy atom. The molecule has 0 saturated heterocycles. The van der Waals surface area contributed by atoms with E-state index in [1.807, 2.05) is 44.2 Å². The third-order valence-electron chi connectivity index (χ3n) is 3.74. The molecule has 5 nitrogen and oxygen atoms in total. The van der Waals surface area contributed by atoms with Crippen LogP contribution in [0.5, 0.6) is 0 Å². The predicted molar refractivity (Wildman–Crippen MR) is 84.6 cm³/mol. The third kappa shape index (κ3) is 2.49. The maximum Gasteiger partial charge on any atom is 0.190 e. The summed E-state index contributed by atoms with van der Waals surface area (Å²) in [5.74, 6) is 0. The van der Waals surface area contributed by atoms with Gasteiger partial charge in [0.05, 0.1) is 0 Å².